The number of rotatable bonds is 8. The minimum Gasteiger partial charge on any atom is -0.504 e. The Balaban J connectivity index is 1.23. The third kappa shape index (κ3) is 6.17. The van der Waals surface area contributed by atoms with E-state index in [9.17, 15) is 35.1 Å². The number of fused-ring (bicyclic) bond motifs is 2. The first kappa shape index (κ1) is 30.3. The van der Waals surface area contributed by atoms with Gasteiger partial charge in [0.05, 0.1) is 7.11 Å². The van der Waals surface area contributed by atoms with Crippen LogP contribution in [-0.4, -0.2) is 87.6 Å². The zero-order valence-corrected chi connectivity index (χ0v) is 23.5. The maximum atomic E-state index is 12.3. The molecule has 0 saturated carbocycles. The number of hydrogen-bond donors (Lipinski definition) is 5. The largest absolute Gasteiger partial charge is 0.504 e. The van der Waals surface area contributed by atoms with E-state index >= 15 is 0 Å². The number of aliphatic hydroxyl groups is 3. The molecule has 6 unspecified atom stereocenters. The van der Waals surface area contributed by atoms with E-state index in [1.165, 1.54) is 37.5 Å². The molecule has 230 valence electrons. The van der Waals surface area contributed by atoms with Crippen molar-refractivity contribution in [1.29, 1.82) is 0 Å². The number of carbonyl (C=O) groups is 1. The van der Waals surface area contributed by atoms with E-state index in [4.69, 9.17) is 28.1 Å². The fourth-order valence-electron chi connectivity index (χ4n) is 4.99. The van der Waals surface area contributed by atoms with Gasteiger partial charge in [0.1, 0.15) is 42.7 Å². The highest BCUT2D eigenvalue weighted by atomic mass is 16.7. The lowest BCUT2D eigenvalue weighted by Gasteiger charge is -2.43. The van der Waals surface area contributed by atoms with Gasteiger partial charge in [0.25, 0.3) is 0 Å². The Morgan fingerprint density at radius 2 is 1.84 bits per heavy atom. The normalized spacial score (nSPS) is 25.4. The molecular formula is C30H32O13. The molecule has 0 aliphatic carbocycles. The number of aliphatic hydroxyl groups excluding tert-OH is 3. The fourth-order valence-corrected chi connectivity index (χ4v) is 4.99. The molecule has 43 heavy (non-hydrogen) atoms. The third-order valence-electron chi connectivity index (χ3n) is 7.45. The predicted octanol–water partition coefficient (Wildman–Crippen LogP) is 1.38. The summed E-state index contributed by atoms with van der Waals surface area (Å²) in [5, 5.41) is 52.5. The summed E-state index contributed by atoms with van der Waals surface area (Å²) in [4.78, 5) is 24.0. The lowest BCUT2D eigenvalue weighted by Crippen LogP contribution is -2.61. The number of methoxy groups -OCH3 is 1. The van der Waals surface area contributed by atoms with Crippen molar-refractivity contribution >= 4 is 23.0 Å². The van der Waals surface area contributed by atoms with Crippen LogP contribution in [0, 0.1) is 0 Å². The van der Waals surface area contributed by atoms with E-state index in [1.807, 2.05) is 0 Å². The van der Waals surface area contributed by atoms with Gasteiger partial charge in [0.2, 0.25) is 5.75 Å². The summed E-state index contributed by atoms with van der Waals surface area (Å²) in [7, 11) is 1.39. The number of ether oxygens (including phenoxy) is 5. The summed E-state index contributed by atoms with van der Waals surface area (Å²) in [6.07, 6.45) is -5.47. The Bertz CT molecular complexity index is 1590. The van der Waals surface area contributed by atoms with Gasteiger partial charge in [-0.05, 0) is 49.8 Å². The van der Waals surface area contributed by atoms with Gasteiger partial charge in [0, 0.05) is 29.5 Å². The molecule has 5 N–H and O–H groups in total. The van der Waals surface area contributed by atoms with Crippen LogP contribution in [0.5, 0.6) is 23.0 Å². The number of esters is 1. The lowest BCUT2D eigenvalue weighted by atomic mass is 9.95. The zero-order valence-electron chi connectivity index (χ0n) is 23.5. The monoisotopic (exact) mass is 600 g/mol. The van der Waals surface area contributed by atoms with Gasteiger partial charge in [-0.3, -0.25) is 0 Å². The molecule has 2 aliphatic rings. The van der Waals surface area contributed by atoms with Gasteiger partial charge >= 0.3 is 11.6 Å². The van der Waals surface area contributed by atoms with Crippen LogP contribution in [0.2, 0.25) is 0 Å². The minimum atomic E-state index is -1.68. The van der Waals surface area contributed by atoms with E-state index in [1.54, 1.807) is 26.0 Å². The van der Waals surface area contributed by atoms with Crippen LogP contribution in [0.3, 0.4) is 0 Å². The topological polar surface area (TPSA) is 195 Å². The van der Waals surface area contributed by atoms with Crippen molar-refractivity contribution in [3.05, 3.63) is 64.0 Å². The number of phenols is 2. The number of benzene rings is 2. The van der Waals surface area contributed by atoms with Gasteiger partial charge in [0.15, 0.2) is 29.1 Å². The summed E-state index contributed by atoms with van der Waals surface area (Å²) in [5.74, 6) is -0.802. The summed E-state index contributed by atoms with van der Waals surface area (Å²) >= 11 is 0. The Morgan fingerprint density at radius 3 is 2.58 bits per heavy atom. The molecule has 1 fully saturated rings. The average molecular weight is 601 g/mol. The molecule has 5 rings (SSSR count). The van der Waals surface area contributed by atoms with Crippen LogP contribution < -0.4 is 15.1 Å². The van der Waals surface area contributed by atoms with Gasteiger partial charge in [-0.2, -0.15) is 0 Å². The van der Waals surface area contributed by atoms with E-state index < -0.39 is 60.6 Å². The molecule has 0 spiro atoms. The van der Waals surface area contributed by atoms with Crippen LogP contribution in [0.15, 0.2) is 51.7 Å². The third-order valence-corrected chi connectivity index (χ3v) is 7.45. The Hall–Kier alpha value is -4.14. The summed E-state index contributed by atoms with van der Waals surface area (Å²) < 4.78 is 33.1. The van der Waals surface area contributed by atoms with Crippen molar-refractivity contribution in [2.45, 2.75) is 62.7 Å². The number of aromatic hydroxyl groups is 2. The minimum absolute atomic E-state index is 0.0104. The highest BCUT2D eigenvalue weighted by molar-refractivity contribution is 5.87. The lowest BCUT2D eigenvalue weighted by molar-refractivity contribution is -0.329. The molecule has 0 amide bonds. The van der Waals surface area contributed by atoms with E-state index in [0.29, 0.717) is 22.9 Å². The molecule has 0 radical (unpaired) electrons. The maximum Gasteiger partial charge on any atom is 0.336 e. The first-order chi connectivity index (χ1) is 20.4. The molecule has 3 aromatic rings. The number of phenolic OH excluding ortho intramolecular Hbond substituents is 2. The summed E-state index contributed by atoms with van der Waals surface area (Å²) in [6, 6.07) is 8.99. The van der Waals surface area contributed by atoms with Crippen molar-refractivity contribution < 1.29 is 58.4 Å². The zero-order chi connectivity index (χ0) is 31.1. The van der Waals surface area contributed by atoms with Crippen LogP contribution in [0.25, 0.3) is 17.0 Å². The molecule has 1 aromatic heterocycles. The SMILES string of the molecule is COc1cc(C=CC(=O)OCC2OC(OC(C)(C)C3Cc4cc5ccc(=O)oc5c(O)c4O3)C(O)C(O)C2O)ccc1O. The number of hydrogen-bond acceptors (Lipinski definition) is 13. The van der Waals surface area contributed by atoms with Crippen LogP contribution in [0.1, 0.15) is 25.0 Å². The molecule has 13 heteroatoms. The molecular weight excluding hydrogens is 568 g/mol. The quantitative estimate of drug-likeness (QED) is 0.141. The molecule has 2 aromatic carbocycles. The predicted molar refractivity (Wildman–Crippen MR) is 149 cm³/mol. The standard InChI is InChI=1S/C30H32O13/c1-30(2,20-12-16-11-15-6-9-22(33)42-27(15)26(37)28(16)41-20)43-29-25(36)24(35)23(34)19(40-29)13-39-21(32)8-5-14-4-7-17(31)18(10-14)38-3/h4-11,19-20,23-25,29,31,34-37H,12-13H2,1-3H3. The molecule has 1 saturated heterocycles. The van der Waals surface area contributed by atoms with Crippen LogP contribution in [0.4, 0.5) is 0 Å². The Kier molecular flexibility index (Phi) is 8.36. The van der Waals surface area contributed by atoms with Gasteiger partial charge in [-0.1, -0.05) is 6.07 Å². The van der Waals surface area contributed by atoms with E-state index in [0.717, 1.165) is 6.08 Å². The second-order valence-electron chi connectivity index (χ2n) is 10.8. The molecule has 6 atom stereocenters. The average Bonchev–Trinajstić information content (AvgIpc) is 3.42. The maximum absolute atomic E-state index is 12.3. The molecule has 13 nitrogen and oxygen atoms in total. The van der Waals surface area contributed by atoms with Crippen molar-refractivity contribution in [2.75, 3.05) is 13.7 Å². The van der Waals surface area contributed by atoms with E-state index in [-0.39, 0.29) is 28.6 Å². The van der Waals surface area contributed by atoms with Crippen molar-refractivity contribution in [3.63, 3.8) is 0 Å². The number of carbonyl (C=O) groups excluding carboxylic acids is 1. The van der Waals surface area contributed by atoms with Gasteiger partial charge in [-0.25, -0.2) is 9.59 Å². The van der Waals surface area contributed by atoms with Crippen LogP contribution in [-0.2, 0) is 25.4 Å². The second-order valence-corrected chi connectivity index (χ2v) is 10.8. The molecule has 3 heterocycles. The molecule has 0 bridgehead atoms. The Morgan fingerprint density at radius 1 is 1.07 bits per heavy atom. The Labute approximate surface area is 245 Å². The summed E-state index contributed by atoms with van der Waals surface area (Å²) in [6.45, 7) is 2.85. The first-order valence-corrected chi connectivity index (χ1v) is 13.4. The highest BCUT2D eigenvalue weighted by Crippen LogP contribution is 2.45. The fraction of sp³-hybridized carbons (Fsp3) is 0.400. The van der Waals surface area contributed by atoms with Crippen molar-refractivity contribution in [2.24, 2.45) is 0 Å². The van der Waals surface area contributed by atoms with Gasteiger partial charge < -0.3 is 53.6 Å². The van der Waals surface area contributed by atoms with Crippen molar-refractivity contribution in [3.8, 4) is 23.0 Å². The molecule has 2 aliphatic heterocycles. The van der Waals surface area contributed by atoms with Gasteiger partial charge in [-0.15, -0.1) is 0 Å². The second kappa shape index (κ2) is 11.9. The smallest absolute Gasteiger partial charge is 0.336 e. The van der Waals surface area contributed by atoms with E-state index in [2.05, 4.69) is 0 Å². The highest BCUT2D eigenvalue weighted by Gasteiger charge is 2.49. The summed E-state index contributed by atoms with van der Waals surface area (Å²) in [5.41, 5.74) is -0.619. The van der Waals surface area contributed by atoms with Crippen LogP contribution >= 0.6 is 0 Å². The first-order valence-electron chi connectivity index (χ1n) is 13.4. The van der Waals surface area contributed by atoms with Crippen molar-refractivity contribution in [1.82, 2.24) is 0 Å².